The first-order valence-electron chi connectivity index (χ1n) is 9.13. The molecule has 0 radical (unpaired) electrons. The summed E-state index contributed by atoms with van der Waals surface area (Å²) in [5.74, 6) is -3.50. The van der Waals surface area contributed by atoms with Gasteiger partial charge in [0.2, 0.25) is 5.91 Å². The standard InChI is InChI=1S/C19H23N3O6S2/c1-18(2,3)28-17(27)21(12-6-5-7-29-12)9-11(23)13-14(24)22-10(16(25)26)8-19(4,20)30-15(13)22/h5-8,13,15H,9,20H2,1-4H3,(H,25,26)/t13?,15-,19?/m1/s1. The summed E-state index contributed by atoms with van der Waals surface area (Å²) in [5, 5.41) is 10.9. The Hall–Kier alpha value is -2.37. The molecule has 3 rings (SSSR count). The minimum atomic E-state index is -1.29. The fourth-order valence-corrected chi connectivity index (χ4v) is 5.31. The molecular weight excluding hydrogens is 430 g/mol. The Morgan fingerprint density at radius 2 is 2.03 bits per heavy atom. The minimum absolute atomic E-state index is 0.236. The number of rotatable bonds is 5. The van der Waals surface area contributed by atoms with Crippen molar-refractivity contribution >= 4 is 51.9 Å². The highest BCUT2D eigenvalue weighted by Gasteiger charge is 2.58. The number of carbonyl (C=O) groups excluding carboxylic acids is 3. The maximum atomic E-state index is 13.0. The van der Waals surface area contributed by atoms with Gasteiger partial charge in [-0.3, -0.25) is 19.4 Å². The molecule has 1 aromatic heterocycles. The number of ketones is 1. The summed E-state index contributed by atoms with van der Waals surface area (Å²) >= 11 is 2.39. The first-order chi connectivity index (χ1) is 13.8. The Labute approximate surface area is 181 Å². The number of thiophene rings is 1. The van der Waals surface area contributed by atoms with E-state index >= 15 is 0 Å². The molecule has 2 amide bonds. The first kappa shape index (κ1) is 22.3. The van der Waals surface area contributed by atoms with E-state index in [1.54, 1.807) is 45.2 Å². The molecule has 0 saturated carbocycles. The van der Waals surface area contributed by atoms with Gasteiger partial charge < -0.3 is 15.6 Å². The molecule has 0 aromatic carbocycles. The minimum Gasteiger partial charge on any atom is -0.477 e. The predicted octanol–water partition coefficient (Wildman–Crippen LogP) is 2.23. The van der Waals surface area contributed by atoms with Crippen LogP contribution in [0.1, 0.15) is 27.7 Å². The third-order valence-electron chi connectivity index (χ3n) is 4.37. The molecule has 1 fully saturated rings. The Balaban J connectivity index is 1.82. The number of carboxylic acid groups (broad SMARTS) is 1. The first-order valence-corrected chi connectivity index (χ1v) is 10.9. The normalized spacial score (nSPS) is 25.7. The van der Waals surface area contributed by atoms with Crippen molar-refractivity contribution in [2.24, 2.45) is 11.7 Å². The molecule has 9 nitrogen and oxygen atoms in total. The summed E-state index contributed by atoms with van der Waals surface area (Å²) in [6.45, 7) is 6.39. The number of nitrogens with zero attached hydrogens (tertiary/aromatic N) is 2. The maximum Gasteiger partial charge on any atom is 0.415 e. The summed E-state index contributed by atoms with van der Waals surface area (Å²) in [6, 6.07) is 3.41. The van der Waals surface area contributed by atoms with Gasteiger partial charge in [-0.05, 0) is 51.3 Å². The molecule has 0 bridgehead atoms. The third kappa shape index (κ3) is 4.37. The number of amides is 2. The molecule has 1 saturated heterocycles. The third-order valence-corrected chi connectivity index (χ3v) is 6.61. The van der Waals surface area contributed by atoms with Crippen molar-refractivity contribution in [2.45, 2.75) is 43.5 Å². The lowest BCUT2D eigenvalue weighted by atomic mass is 9.91. The molecule has 30 heavy (non-hydrogen) atoms. The molecule has 0 spiro atoms. The number of hydrogen-bond donors (Lipinski definition) is 2. The second kappa shape index (κ2) is 7.71. The Kier molecular flexibility index (Phi) is 5.74. The highest BCUT2D eigenvalue weighted by Crippen LogP contribution is 2.47. The van der Waals surface area contributed by atoms with Crippen LogP contribution in [0.15, 0.2) is 29.3 Å². The molecule has 2 aliphatic rings. The zero-order chi connectivity index (χ0) is 22.4. The monoisotopic (exact) mass is 453 g/mol. The van der Waals surface area contributed by atoms with Gasteiger partial charge in [0.1, 0.15) is 27.6 Å². The van der Waals surface area contributed by atoms with Crippen LogP contribution in [0, 0.1) is 5.92 Å². The van der Waals surface area contributed by atoms with E-state index in [1.165, 1.54) is 22.3 Å². The smallest absolute Gasteiger partial charge is 0.415 e. The molecular formula is C19H23N3O6S2. The highest BCUT2D eigenvalue weighted by atomic mass is 32.2. The van der Waals surface area contributed by atoms with Crippen molar-refractivity contribution < 1.29 is 29.0 Å². The average Bonchev–Trinajstić information content (AvgIpc) is 3.10. The molecule has 1 aromatic rings. The Morgan fingerprint density at radius 1 is 1.37 bits per heavy atom. The van der Waals surface area contributed by atoms with Crippen molar-refractivity contribution in [3.8, 4) is 0 Å². The van der Waals surface area contributed by atoms with E-state index in [0.717, 1.165) is 16.7 Å². The number of Topliss-reactive ketones (excluding diaryl/α,β-unsaturated/α-hetero) is 1. The predicted molar refractivity (Wildman–Crippen MR) is 113 cm³/mol. The lowest BCUT2D eigenvalue weighted by Gasteiger charge is -2.51. The molecule has 0 aliphatic carbocycles. The van der Waals surface area contributed by atoms with Crippen LogP contribution in [0.3, 0.4) is 0 Å². The number of aliphatic carboxylic acids is 1. The SMILES string of the molecule is CC(C)(C)OC(=O)N(CC(=O)C1C(=O)N2C(C(=O)O)=CC(C)(N)S[C@H]12)c1cccs1. The number of carboxylic acids is 1. The fourth-order valence-electron chi connectivity index (χ4n) is 3.16. The molecule has 2 aliphatic heterocycles. The van der Waals surface area contributed by atoms with Gasteiger partial charge in [0.25, 0.3) is 0 Å². The van der Waals surface area contributed by atoms with Crippen molar-refractivity contribution in [1.82, 2.24) is 4.90 Å². The second-order valence-corrected chi connectivity index (χ2v) is 10.7. The van der Waals surface area contributed by atoms with Crippen molar-refractivity contribution in [2.75, 3.05) is 11.4 Å². The summed E-state index contributed by atoms with van der Waals surface area (Å²) in [6.07, 6.45) is 0.598. The summed E-state index contributed by atoms with van der Waals surface area (Å²) in [7, 11) is 0. The largest absolute Gasteiger partial charge is 0.477 e. The summed E-state index contributed by atoms with van der Waals surface area (Å²) < 4.78 is 5.41. The highest BCUT2D eigenvalue weighted by molar-refractivity contribution is 8.01. The van der Waals surface area contributed by atoms with Crippen LogP contribution in [0.2, 0.25) is 0 Å². The van der Waals surface area contributed by atoms with Crippen LogP contribution in [0.4, 0.5) is 9.80 Å². The van der Waals surface area contributed by atoms with E-state index in [9.17, 15) is 24.3 Å². The van der Waals surface area contributed by atoms with E-state index in [4.69, 9.17) is 10.5 Å². The zero-order valence-electron chi connectivity index (χ0n) is 16.9. The number of hydrogen-bond acceptors (Lipinski definition) is 8. The second-order valence-electron chi connectivity index (χ2n) is 8.20. The Morgan fingerprint density at radius 3 is 2.57 bits per heavy atom. The van der Waals surface area contributed by atoms with Gasteiger partial charge in [0, 0.05) is 0 Å². The van der Waals surface area contributed by atoms with Gasteiger partial charge in [-0.2, -0.15) is 0 Å². The lowest BCUT2D eigenvalue weighted by Crippen LogP contribution is -2.66. The van der Waals surface area contributed by atoms with Gasteiger partial charge in [-0.25, -0.2) is 9.59 Å². The van der Waals surface area contributed by atoms with Crippen LogP contribution in [-0.4, -0.2) is 56.2 Å². The van der Waals surface area contributed by atoms with Gasteiger partial charge in [-0.1, -0.05) is 0 Å². The van der Waals surface area contributed by atoms with Gasteiger partial charge in [0.15, 0.2) is 5.78 Å². The number of nitrogens with two attached hydrogens (primary N) is 1. The molecule has 3 N–H and O–H groups in total. The number of anilines is 1. The van der Waals surface area contributed by atoms with Gasteiger partial charge in [-0.15, -0.1) is 23.1 Å². The van der Waals surface area contributed by atoms with Crippen molar-refractivity contribution in [1.29, 1.82) is 0 Å². The topological polar surface area (TPSA) is 130 Å². The van der Waals surface area contributed by atoms with Crippen LogP contribution in [-0.2, 0) is 19.1 Å². The summed E-state index contributed by atoms with van der Waals surface area (Å²) in [4.78, 5) is 51.1. The quantitative estimate of drug-likeness (QED) is 0.513. The zero-order valence-corrected chi connectivity index (χ0v) is 18.6. The van der Waals surface area contributed by atoms with Crippen LogP contribution in [0.5, 0.6) is 0 Å². The molecule has 162 valence electrons. The van der Waals surface area contributed by atoms with E-state index in [0.29, 0.717) is 5.00 Å². The molecule has 2 unspecified atom stereocenters. The lowest BCUT2D eigenvalue weighted by molar-refractivity contribution is -0.156. The van der Waals surface area contributed by atoms with Crippen molar-refractivity contribution in [3.63, 3.8) is 0 Å². The van der Waals surface area contributed by atoms with E-state index in [1.807, 2.05) is 0 Å². The number of carbonyl (C=O) groups is 4. The summed E-state index contributed by atoms with van der Waals surface area (Å²) in [5.41, 5.74) is 5.09. The molecule has 3 heterocycles. The van der Waals surface area contributed by atoms with Crippen molar-refractivity contribution in [3.05, 3.63) is 29.3 Å². The number of β-lactam (4-membered cyclic amide) rings is 1. The fraction of sp³-hybridized carbons (Fsp3) is 0.474. The van der Waals surface area contributed by atoms with E-state index < -0.39 is 45.5 Å². The van der Waals surface area contributed by atoms with Crippen LogP contribution in [0.25, 0.3) is 0 Å². The Bertz CT molecular complexity index is 919. The van der Waals surface area contributed by atoms with E-state index in [2.05, 4.69) is 0 Å². The molecule has 3 atom stereocenters. The van der Waals surface area contributed by atoms with Crippen LogP contribution < -0.4 is 10.6 Å². The number of fused-ring (bicyclic) bond motifs is 1. The number of ether oxygens (including phenoxy) is 1. The van der Waals surface area contributed by atoms with Crippen LogP contribution >= 0.6 is 23.1 Å². The molecule has 11 heteroatoms. The van der Waals surface area contributed by atoms with E-state index in [-0.39, 0.29) is 12.2 Å². The van der Waals surface area contributed by atoms with Gasteiger partial charge in [0.05, 0.1) is 11.4 Å². The maximum absolute atomic E-state index is 13.0. The van der Waals surface area contributed by atoms with Gasteiger partial charge >= 0.3 is 12.1 Å². The average molecular weight is 454 g/mol. The number of thioether (sulfide) groups is 1.